The molecule has 110 valence electrons. The van der Waals surface area contributed by atoms with E-state index in [4.69, 9.17) is 11.1 Å². The van der Waals surface area contributed by atoms with Crippen LogP contribution in [0.2, 0.25) is 0 Å². The molecule has 0 spiro atoms. The maximum atomic E-state index is 8.35. The molecule has 2 rings (SSSR count). The molecule has 0 bridgehead atoms. The minimum atomic E-state index is 0.645. The molecule has 6 heteroatoms. The Bertz CT molecular complexity index is 629. The highest BCUT2D eigenvalue weighted by molar-refractivity contribution is 5.39. The molecular weight excluding hydrogens is 276 g/mol. The van der Waals surface area contributed by atoms with Crippen LogP contribution in [0, 0.1) is 0 Å². The fraction of sp³-hybridized carbons (Fsp3) is 0.250. The number of hydrogen-bond acceptors (Lipinski definition) is 2. The predicted molar refractivity (Wildman–Crippen MR) is 87.1 cm³/mol. The number of aryl methyl sites for hydroxylation is 2. The Labute approximate surface area is 128 Å². The van der Waals surface area contributed by atoms with E-state index >= 15 is 0 Å². The van der Waals surface area contributed by atoms with Gasteiger partial charge in [0, 0.05) is 21.2 Å². The van der Waals surface area contributed by atoms with E-state index in [-0.39, 0.29) is 0 Å². The summed E-state index contributed by atoms with van der Waals surface area (Å²) in [4.78, 5) is 5.52. The summed E-state index contributed by atoms with van der Waals surface area (Å²) in [7, 11) is 0. The monoisotopic (exact) mass is 292 g/mol. The number of benzene rings is 2. The number of hydrogen-bond donors (Lipinski definition) is 0. The van der Waals surface area contributed by atoms with Gasteiger partial charge in [0.15, 0.2) is 0 Å². The van der Waals surface area contributed by atoms with Crippen LogP contribution in [0.1, 0.15) is 24.0 Å². The highest BCUT2D eigenvalue weighted by atomic mass is 15.1. The zero-order valence-corrected chi connectivity index (χ0v) is 12.1. The Morgan fingerprint density at radius 2 is 1.00 bits per heavy atom. The molecule has 0 aromatic heterocycles. The van der Waals surface area contributed by atoms with Crippen molar-refractivity contribution in [1.82, 2.24) is 0 Å². The molecule has 0 fully saturated rings. The smallest absolute Gasteiger partial charge is 0.0375 e. The highest BCUT2D eigenvalue weighted by Gasteiger charge is 1.97. The van der Waals surface area contributed by atoms with Gasteiger partial charge < -0.3 is 0 Å². The van der Waals surface area contributed by atoms with Gasteiger partial charge >= 0.3 is 0 Å². The maximum absolute atomic E-state index is 8.35. The topological polar surface area (TPSA) is 97.5 Å². The lowest BCUT2D eigenvalue weighted by Gasteiger charge is -2.03. The van der Waals surface area contributed by atoms with Gasteiger partial charge in [-0.15, -0.1) is 0 Å². The second kappa shape index (κ2) is 8.37. The Morgan fingerprint density at radius 1 is 0.636 bits per heavy atom. The van der Waals surface area contributed by atoms with Crippen LogP contribution in [0.5, 0.6) is 0 Å². The van der Waals surface area contributed by atoms with Crippen LogP contribution in [-0.4, -0.2) is 0 Å². The third-order valence-corrected chi connectivity index (χ3v) is 3.37. The average molecular weight is 292 g/mol. The van der Waals surface area contributed by atoms with Gasteiger partial charge in [-0.3, -0.25) is 0 Å². The SMILES string of the molecule is [N-]=[N+]=Nc1ccc(CCCCc2ccc(N=[N+]=[N-])cc2)cc1. The van der Waals surface area contributed by atoms with Crippen molar-refractivity contribution < 1.29 is 0 Å². The molecule has 0 saturated carbocycles. The van der Waals surface area contributed by atoms with E-state index in [1.165, 1.54) is 11.1 Å². The average Bonchev–Trinajstić information content (AvgIpc) is 2.55. The van der Waals surface area contributed by atoms with Gasteiger partial charge in [0.05, 0.1) is 0 Å². The molecule has 0 aliphatic rings. The summed E-state index contributed by atoms with van der Waals surface area (Å²) in [6, 6.07) is 15.3. The van der Waals surface area contributed by atoms with E-state index in [1.54, 1.807) is 0 Å². The molecule has 0 aliphatic carbocycles. The lowest BCUT2D eigenvalue weighted by molar-refractivity contribution is 0.734. The summed E-state index contributed by atoms with van der Waals surface area (Å²) in [6.07, 6.45) is 4.21. The summed E-state index contributed by atoms with van der Waals surface area (Å²) in [5.74, 6) is 0. The molecule has 0 unspecified atom stereocenters. The van der Waals surface area contributed by atoms with Crippen LogP contribution in [0.3, 0.4) is 0 Å². The number of azide groups is 2. The maximum Gasteiger partial charge on any atom is 0.0375 e. The second-order valence-corrected chi connectivity index (χ2v) is 4.92. The molecule has 0 saturated heterocycles. The molecule has 2 aromatic rings. The first kappa shape index (κ1) is 15.4. The van der Waals surface area contributed by atoms with Gasteiger partial charge in [-0.1, -0.05) is 58.8 Å². The van der Waals surface area contributed by atoms with Crippen LogP contribution in [0.4, 0.5) is 11.4 Å². The third-order valence-electron chi connectivity index (χ3n) is 3.37. The highest BCUT2D eigenvalue weighted by Crippen LogP contribution is 2.17. The van der Waals surface area contributed by atoms with Crippen molar-refractivity contribution in [3.8, 4) is 0 Å². The molecule has 6 nitrogen and oxygen atoms in total. The van der Waals surface area contributed by atoms with E-state index in [0.717, 1.165) is 25.7 Å². The van der Waals surface area contributed by atoms with E-state index < -0.39 is 0 Å². The first-order valence-electron chi connectivity index (χ1n) is 7.10. The third kappa shape index (κ3) is 4.87. The minimum absolute atomic E-state index is 0.645. The second-order valence-electron chi connectivity index (χ2n) is 4.92. The van der Waals surface area contributed by atoms with E-state index in [0.29, 0.717) is 11.4 Å². The van der Waals surface area contributed by atoms with E-state index in [1.807, 2.05) is 48.5 Å². The zero-order valence-electron chi connectivity index (χ0n) is 12.1. The zero-order chi connectivity index (χ0) is 15.6. The summed E-state index contributed by atoms with van der Waals surface area (Å²) >= 11 is 0. The van der Waals surface area contributed by atoms with Gasteiger partial charge in [0.25, 0.3) is 0 Å². The summed E-state index contributed by atoms with van der Waals surface area (Å²) in [5.41, 5.74) is 20.5. The lowest BCUT2D eigenvalue weighted by Crippen LogP contribution is -1.89. The van der Waals surface area contributed by atoms with E-state index in [2.05, 4.69) is 20.1 Å². The first-order valence-corrected chi connectivity index (χ1v) is 7.10. The molecule has 2 aromatic carbocycles. The molecule has 0 atom stereocenters. The van der Waals surface area contributed by atoms with Crippen LogP contribution in [0.15, 0.2) is 58.8 Å². The van der Waals surface area contributed by atoms with Crippen LogP contribution < -0.4 is 0 Å². The Morgan fingerprint density at radius 3 is 1.32 bits per heavy atom. The van der Waals surface area contributed by atoms with Gasteiger partial charge in [0.1, 0.15) is 0 Å². The fourth-order valence-electron chi connectivity index (χ4n) is 2.22. The number of nitrogens with zero attached hydrogens (tertiary/aromatic N) is 6. The van der Waals surface area contributed by atoms with Crippen molar-refractivity contribution >= 4 is 11.4 Å². The van der Waals surface area contributed by atoms with Crippen LogP contribution in [-0.2, 0) is 12.8 Å². The number of unbranched alkanes of at least 4 members (excludes halogenated alkanes) is 1. The van der Waals surface area contributed by atoms with Gasteiger partial charge in [-0.25, -0.2) is 0 Å². The standard InChI is InChI=1S/C16H16N6/c17-21-19-15-9-5-13(6-10-15)3-1-2-4-14-7-11-16(12-8-14)20-22-18/h5-12H,1-4H2. The Kier molecular flexibility index (Phi) is 5.88. The molecule has 0 amide bonds. The van der Waals surface area contributed by atoms with Crippen molar-refractivity contribution in [1.29, 1.82) is 0 Å². The number of rotatable bonds is 7. The Balaban J connectivity index is 1.76. The lowest BCUT2D eigenvalue weighted by atomic mass is 10.0. The van der Waals surface area contributed by atoms with Crippen molar-refractivity contribution in [3.63, 3.8) is 0 Å². The van der Waals surface area contributed by atoms with Crippen molar-refractivity contribution in [2.75, 3.05) is 0 Å². The van der Waals surface area contributed by atoms with Crippen LogP contribution in [0.25, 0.3) is 20.9 Å². The summed E-state index contributed by atoms with van der Waals surface area (Å²) in [5, 5.41) is 7.11. The van der Waals surface area contributed by atoms with E-state index in [9.17, 15) is 0 Å². The van der Waals surface area contributed by atoms with Gasteiger partial charge in [-0.2, -0.15) is 0 Å². The van der Waals surface area contributed by atoms with Gasteiger partial charge in [-0.05, 0) is 47.9 Å². The largest absolute Gasteiger partial charge is 0.0608 e. The fourth-order valence-corrected chi connectivity index (χ4v) is 2.22. The minimum Gasteiger partial charge on any atom is -0.0608 e. The molecule has 22 heavy (non-hydrogen) atoms. The summed E-state index contributed by atoms with van der Waals surface area (Å²) < 4.78 is 0. The predicted octanol–water partition coefficient (Wildman–Crippen LogP) is 6.14. The molecule has 0 heterocycles. The van der Waals surface area contributed by atoms with Crippen molar-refractivity contribution in [3.05, 3.63) is 80.5 Å². The quantitative estimate of drug-likeness (QED) is 0.253. The molecule has 0 aliphatic heterocycles. The van der Waals surface area contributed by atoms with Gasteiger partial charge in [0.2, 0.25) is 0 Å². The molecule has 0 radical (unpaired) electrons. The normalized spacial score (nSPS) is 9.64. The summed E-state index contributed by atoms with van der Waals surface area (Å²) in [6.45, 7) is 0. The van der Waals surface area contributed by atoms with Crippen molar-refractivity contribution in [2.24, 2.45) is 10.2 Å². The molecular formula is C16H16N6. The van der Waals surface area contributed by atoms with Crippen LogP contribution >= 0.6 is 0 Å². The van der Waals surface area contributed by atoms with Crippen molar-refractivity contribution in [2.45, 2.75) is 25.7 Å². The Hall–Kier alpha value is -2.94. The first-order chi connectivity index (χ1) is 10.8. The molecule has 0 N–H and O–H groups in total.